The summed E-state index contributed by atoms with van der Waals surface area (Å²) in [5, 5.41) is 0.214. The Bertz CT molecular complexity index is 745. The van der Waals surface area contributed by atoms with E-state index in [1.165, 1.54) is 0 Å². The van der Waals surface area contributed by atoms with Crippen LogP contribution in [0.1, 0.15) is 50.3 Å². The number of benzene rings is 1. The third-order valence-electron chi connectivity index (χ3n) is 5.32. The largest absolute Gasteiger partial charge is 0.461 e. The Morgan fingerprint density at radius 1 is 1.15 bits per heavy atom. The minimum Gasteiger partial charge on any atom is -0.461 e. The third-order valence-corrected chi connectivity index (χ3v) is 9.86. The number of nitrogens with one attached hydrogen (secondary N) is 1. The summed E-state index contributed by atoms with van der Waals surface area (Å²) >= 11 is 0. The monoisotopic (exact) mass is 387 g/mol. The van der Waals surface area contributed by atoms with Gasteiger partial charge in [0.2, 0.25) is 0 Å². The van der Waals surface area contributed by atoms with Crippen molar-refractivity contribution < 1.29 is 14.0 Å². The molecule has 0 spiro atoms. The zero-order valence-electron chi connectivity index (χ0n) is 17.5. The van der Waals surface area contributed by atoms with E-state index < -0.39 is 8.32 Å². The van der Waals surface area contributed by atoms with E-state index in [-0.39, 0.29) is 11.0 Å². The minimum absolute atomic E-state index is 0.214. The van der Waals surface area contributed by atoms with Gasteiger partial charge in [0.1, 0.15) is 5.69 Å². The van der Waals surface area contributed by atoms with Crippen molar-refractivity contribution in [2.75, 3.05) is 13.2 Å². The number of esters is 1. The highest BCUT2D eigenvalue weighted by Crippen LogP contribution is 2.36. The van der Waals surface area contributed by atoms with E-state index >= 15 is 0 Å². The molecule has 148 valence electrons. The Morgan fingerprint density at radius 2 is 1.81 bits per heavy atom. The minimum atomic E-state index is -1.73. The molecule has 0 aliphatic carbocycles. The number of aromatic nitrogens is 1. The zero-order chi connectivity index (χ0) is 20.1. The molecule has 1 aromatic carbocycles. The van der Waals surface area contributed by atoms with Crippen LogP contribution >= 0.6 is 0 Å². The van der Waals surface area contributed by atoms with Crippen molar-refractivity contribution in [1.29, 1.82) is 0 Å². The summed E-state index contributed by atoms with van der Waals surface area (Å²) in [6, 6.07) is 12.0. The highest BCUT2D eigenvalue weighted by Gasteiger charge is 2.36. The molecule has 0 fully saturated rings. The van der Waals surface area contributed by atoms with Crippen molar-refractivity contribution in [3.8, 4) is 11.1 Å². The average molecular weight is 388 g/mol. The van der Waals surface area contributed by atoms with E-state index in [1.807, 2.05) is 31.2 Å². The quantitative estimate of drug-likeness (QED) is 0.353. The van der Waals surface area contributed by atoms with Gasteiger partial charge in [-0.15, -0.1) is 0 Å². The predicted octanol–water partition coefficient (Wildman–Crippen LogP) is 5.81. The lowest BCUT2D eigenvalue weighted by Gasteiger charge is -2.36. The fourth-order valence-corrected chi connectivity index (χ4v) is 3.77. The molecule has 27 heavy (non-hydrogen) atoms. The second-order valence-electron chi connectivity index (χ2n) is 8.37. The molecule has 0 bridgehead atoms. The van der Waals surface area contributed by atoms with Crippen LogP contribution in [-0.2, 0) is 15.6 Å². The lowest BCUT2D eigenvalue weighted by atomic mass is 10.0. The Hall–Kier alpha value is -1.85. The second kappa shape index (κ2) is 8.89. The Labute approximate surface area is 164 Å². The molecule has 0 saturated carbocycles. The first-order chi connectivity index (χ1) is 12.7. The van der Waals surface area contributed by atoms with Crippen molar-refractivity contribution in [3.05, 3.63) is 47.8 Å². The first-order valence-electron chi connectivity index (χ1n) is 9.74. The Morgan fingerprint density at radius 3 is 2.41 bits per heavy atom. The maximum Gasteiger partial charge on any atom is 0.354 e. The number of aromatic amines is 1. The molecule has 0 unspecified atom stereocenters. The summed E-state index contributed by atoms with van der Waals surface area (Å²) in [4.78, 5) is 15.4. The Kier molecular flexibility index (Phi) is 7.06. The highest BCUT2D eigenvalue weighted by atomic mass is 28.4. The molecular weight excluding hydrogens is 354 g/mol. The van der Waals surface area contributed by atoms with E-state index in [0.29, 0.717) is 12.3 Å². The van der Waals surface area contributed by atoms with Crippen LogP contribution in [0.3, 0.4) is 0 Å². The molecule has 1 N–H and O–H groups in total. The van der Waals surface area contributed by atoms with Crippen molar-refractivity contribution in [2.45, 2.75) is 58.7 Å². The lowest BCUT2D eigenvalue weighted by Crippen LogP contribution is -2.41. The van der Waals surface area contributed by atoms with Crippen LogP contribution in [0.5, 0.6) is 0 Å². The van der Waals surface area contributed by atoms with Crippen LogP contribution in [0.25, 0.3) is 11.1 Å². The number of rotatable bonds is 8. The molecule has 2 aromatic rings. The molecule has 1 aromatic heterocycles. The topological polar surface area (TPSA) is 51.3 Å². The first kappa shape index (κ1) is 21.4. The molecule has 0 amide bonds. The summed E-state index contributed by atoms with van der Waals surface area (Å²) in [5.41, 5.74) is 3.73. The average Bonchev–Trinajstić information content (AvgIpc) is 3.03. The second-order valence-corrected chi connectivity index (χ2v) is 13.2. The summed E-state index contributed by atoms with van der Waals surface area (Å²) in [5.74, 6) is -0.307. The van der Waals surface area contributed by atoms with Crippen LogP contribution in [-0.4, -0.2) is 32.5 Å². The van der Waals surface area contributed by atoms with Gasteiger partial charge in [-0.2, -0.15) is 0 Å². The van der Waals surface area contributed by atoms with Crippen LogP contribution in [0, 0.1) is 0 Å². The normalized spacial score (nSPS) is 12.2. The molecule has 4 nitrogen and oxygen atoms in total. The molecule has 0 aliphatic rings. The van der Waals surface area contributed by atoms with Gasteiger partial charge in [-0.05, 0) is 49.5 Å². The lowest BCUT2D eigenvalue weighted by molar-refractivity contribution is 0.0520. The Balaban J connectivity index is 2.12. The maximum atomic E-state index is 12.1. The number of aryl methyl sites for hydroxylation is 1. The molecule has 5 heteroatoms. The van der Waals surface area contributed by atoms with Crippen molar-refractivity contribution >= 4 is 14.3 Å². The van der Waals surface area contributed by atoms with Crippen LogP contribution in [0.15, 0.2) is 36.4 Å². The van der Waals surface area contributed by atoms with E-state index in [4.69, 9.17) is 9.16 Å². The highest BCUT2D eigenvalue weighted by molar-refractivity contribution is 6.74. The molecular formula is C22H33NO3Si. The SMILES string of the molecule is CCOC(=O)c1cc(-c2ccccc2)c(CCCO[Si](C)(C)C(C)(C)C)[nH]1. The number of carbonyl (C=O) groups is 1. The molecule has 0 aliphatic heterocycles. The fraction of sp³-hybridized carbons (Fsp3) is 0.500. The smallest absolute Gasteiger partial charge is 0.354 e. The molecule has 0 atom stereocenters. The predicted molar refractivity (Wildman–Crippen MR) is 114 cm³/mol. The number of hydrogen-bond acceptors (Lipinski definition) is 3. The number of ether oxygens (including phenoxy) is 1. The van der Waals surface area contributed by atoms with Gasteiger partial charge in [0.05, 0.1) is 6.61 Å². The molecule has 2 rings (SSSR count). The molecule has 0 saturated heterocycles. The van der Waals surface area contributed by atoms with Gasteiger partial charge in [-0.3, -0.25) is 0 Å². The number of carbonyl (C=O) groups excluding carboxylic acids is 1. The summed E-state index contributed by atoms with van der Waals surface area (Å²) < 4.78 is 11.4. The van der Waals surface area contributed by atoms with Gasteiger partial charge in [0.15, 0.2) is 8.32 Å². The maximum absolute atomic E-state index is 12.1. The first-order valence-corrected chi connectivity index (χ1v) is 12.6. The van der Waals surface area contributed by atoms with Crippen LogP contribution in [0.4, 0.5) is 0 Å². The standard InChI is InChI=1S/C22H33NO3Si/c1-7-25-21(24)20-16-18(17-12-9-8-10-13-17)19(23-20)14-11-15-26-27(5,6)22(2,3)4/h8-10,12-13,16,23H,7,11,14-15H2,1-6H3. The van der Waals surface area contributed by atoms with Gasteiger partial charge in [0, 0.05) is 17.9 Å². The van der Waals surface area contributed by atoms with Gasteiger partial charge in [0.25, 0.3) is 0 Å². The molecule has 0 radical (unpaired) electrons. The number of H-pyrrole nitrogens is 1. The van der Waals surface area contributed by atoms with Crippen molar-refractivity contribution in [2.24, 2.45) is 0 Å². The van der Waals surface area contributed by atoms with Crippen LogP contribution in [0.2, 0.25) is 18.1 Å². The number of hydrogen-bond donors (Lipinski definition) is 1. The van der Waals surface area contributed by atoms with Crippen molar-refractivity contribution in [3.63, 3.8) is 0 Å². The zero-order valence-corrected chi connectivity index (χ0v) is 18.5. The van der Waals surface area contributed by atoms with Gasteiger partial charge in [-0.1, -0.05) is 51.1 Å². The van der Waals surface area contributed by atoms with E-state index in [2.05, 4.69) is 51.0 Å². The summed E-state index contributed by atoms with van der Waals surface area (Å²) in [7, 11) is -1.73. The van der Waals surface area contributed by atoms with Gasteiger partial charge >= 0.3 is 5.97 Å². The summed E-state index contributed by atoms with van der Waals surface area (Å²) in [6.07, 6.45) is 1.74. The third kappa shape index (κ3) is 5.56. The van der Waals surface area contributed by atoms with Gasteiger partial charge in [-0.25, -0.2) is 4.79 Å². The summed E-state index contributed by atoms with van der Waals surface area (Å²) in [6.45, 7) is 14.2. The van der Waals surface area contributed by atoms with E-state index in [9.17, 15) is 4.79 Å². The van der Waals surface area contributed by atoms with Crippen molar-refractivity contribution in [1.82, 2.24) is 4.98 Å². The van der Waals surface area contributed by atoms with Crippen LogP contribution < -0.4 is 0 Å². The van der Waals surface area contributed by atoms with Gasteiger partial charge < -0.3 is 14.1 Å². The van der Waals surface area contributed by atoms with E-state index in [0.717, 1.165) is 36.3 Å². The molecule has 1 heterocycles. The fourth-order valence-electron chi connectivity index (χ4n) is 2.68. The van der Waals surface area contributed by atoms with E-state index in [1.54, 1.807) is 0 Å².